The minimum atomic E-state index is -4.70. The molecule has 0 bridgehead atoms. The maximum absolute atomic E-state index is 12.7. The molecule has 28 heavy (non-hydrogen) atoms. The largest absolute Gasteiger partial charge is 0.493 e. The minimum absolute atomic E-state index is 0.193. The lowest BCUT2D eigenvalue weighted by Crippen LogP contribution is -2.06. The monoisotopic (exact) mass is 397 g/mol. The SMILES string of the molecule is COc1cc(/C=N\Nc2ccc(C(F)(F)F)cc2[N+](=O)[O-])ccc1OC(C)=O. The number of methoxy groups -OCH3 is 1. The fourth-order valence-electron chi connectivity index (χ4n) is 2.13. The molecule has 148 valence electrons. The molecule has 0 aliphatic heterocycles. The number of anilines is 1. The number of hydrogen-bond donors (Lipinski definition) is 1. The number of nitro benzene ring substituents is 1. The molecule has 1 N–H and O–H groups in total. The second kappa shape index (κ2) is 8.37. The Kier molecular flexibility index (Phi) is 6.18. The summed E-state index contributed by atoms with van der Waals surface area (Å²) in [6.07, 6.45) is -3.44. The number of halogens is 3. The molecule has 2 rings (SSSR count). The zero-order valence-corrected chi connectivity index (χ0v) is 14.6. The lowest BCUT2D eigenvalue weighted by atomic mass is 10.1. The molecule has 0 spiro atoms. The molecule has 0 saturated heterocycles. The molecule has 2 aromatic rings. The highest BCUT2D eigenvalue weighted by molar-refractivity contribution is 5.82. The Hall–Kier alpha value is -3.63. The minimum Gasteiger partial charge on any atom is -0.493 e. The molecule has 0 heterocycles. The van der Waals surface area contributed by atoms with Gasteiger partial charge in [-0.2, -0.15) is 18.3 Å². The summed E-state index contributed by atoms with van der Waals surface area (Å²) in [4.78, 5) is 21.1. The van der Waals surface area contributed by atoms with Crippen LogP contribution in [0.5, 0.6) is 11.5 Å². The summed E-state index contributed by atoms with van der Waals surface area (Å²) in [5, 5.41) is 14.8. The number of carbonyl (C=O) groups excluding carboxylic acids is 1. The van der Waals surface area contributed by atoms with Gasteiger partial charge in [0.05, 0.1) is 23.8 Å². The smallest absolute Gasteiger partial charge is 0.416 e. The third-order valence-corrected chi connectivity index (χ3v) is 3.36. The van der Waals surface area contributed by atoms with Crippen molar-refractivity contribution in [2.75, 3.05) is 12.5 Å². The predicted molar refractivity (Wildman–Crippen MR) is 93.6 cm³/mol. The van der Waals surface area contributed by atoms with E-state index < -0.39 is 28.3 Å². The van der Waals surface area contributed by atoms with Gasteiger partial charge in [0.15, 0.2) is 11.5 Å². The standard InChI is InChI=1S/C17H14F3N3O5/c1-10(24)28-15-6-3-11(7-16(15)27-2)9-21-22-13-5-4-12(17(18,19)20)8-14(13)23(25)26/h3-9,22H,1-2H3/b21-9-. The average molecular weight is 397 g/mol. The number of alkyl halides is 3. The first kappa shape index (κ1) is 20.7. The van der Waals surface area contributed by atoms with Crippen LogP contribution >= 0.6 is 0 Å². The van der Waals surface area contributed by atoms with Crippen LogP contribution in [-0.4, -0.2) is 24.2 Å². The van der Waals surface area contributed by atoms with Gasteiger partial charge in [-0.1, -0.05) is 0 Å². The first-order chi connectivity index (χ1) is 13.1. The quantitative estimate of drug-likeness (QED) is 0.260. The predicted octanol–water partition coefficient (Wildman–Crippen LogP) is 3.99. The maximum Gasteiger partial charge on any atom is 0.416 e. The van der Waals surface area contributed by atoms with E-state index in [1.165, 1.54) is 38.4 Å². The van der Waals surface area contributed by atoms with E-state index in [0.717, 1.165) is 6.07 Å². The molecule has 0 amide bonds. The van der Waals surface area contributed by atoms with E-state index in [9.17, 15) is 28.1 Å². The van der Waals surface area contributed by atoms with Gasteiger partial charge in [-0.25, -0.2) is 0 Å². The molecule has 8 nitrogen and oxygen atoms in total. The van der Waals surface area contributed by atoms with Crippen molar-refractivity contribution >= 4 is 23.6 Å². The van der Waals surface area contributed by atoms with Crippen molar-refractivity contribution in [2.45, 2.75) is 13.1 Å². The van der Waals surface area contributed by atoms with E-state index in [-0.39, 0.29) is 17.2 Å². The van der Waals surface area contributed by atoms with Crippen LogP contribution < -0.4 is 14.9 Å². The van der Waals surface area contributed by atoms with Crippen molar-refractivity contribution in [3.05, 3.63) is 57.6 Å². The van der Waals surface area contributed by atoms with Crippen LogP contribution in [-0.2, 0) is 11.0 Å². The number of benzene rings is 2. The number of rotatable bonds is 6. The number of hydrogen-bond acceptors (Lipinski definition) is 7. The van der Waals surface area contributed by atoms with Gasteiger partial charge in [0.2, 0.25) is 0 Å². The first-order valence-corrected chi connectivity index (χ1v) is 7.63. The molecule has 0 saturated carbocycles. The number of ether oxygens (including phenoxy) is 2. The number of nitrogens with one attached hydrogen (secondary N) is 1. The highest BCUT2D eigenvalue weighted by atomic mass is 19.4. The summed E-state index contributed by atoms with van der Waals surface area (Å²) in [5.41, 5.74) is 0.703. The average Bonchev–Trinajstić information content (AvgIpc) is 2.61. The zero-order chi connectivity index (χ0) is 20.9. The van der Waals surface area contributed by atoms with Crippen LogP contribution in [0.1, 0.15) is 18.1 Å². The van der Waals surface area contributed by atoms with E-state index in [1.54, 1.807) is 0 Å². The molecule has 2 aromatic carbocycles. The summed E-state index contributed by atoms with van der Waals surface area (Å²) in [6.45, 7) is 1.23. The first-order valence-electron chi connectivity index (χ1n) is 7.63. The van der Waals surface area contributed by atoms with Crippen LogP contribution in [0, 0.1) is 10.1 Å². The third kappa shape index (κ3) is 5.19. The van der Waals surface area contributed by atoms with Crippen molar-refractivity contribution in [1.29, 1.82) is 0 Å². The van der Waals surface area contributed by atoms with Crippen molar-refractivity contribution < 1.29 is 32.4 Å². The number of carbonyl (C=O) groups is 1. The Morgan fingerprint density at radius 3 is 2.50 bits per heavy atom. The van der Waals surface area contributed by atoms with E-state index >= 15 is 0 Å². The second-order valence-corrected chi connectivity index (χ2v) is 5.36. The van der Waals surface area contributed by atoms with Crippen LogP contribution in [0.2, 0.25) is 0 Å². The van der Waals surface area contributed by atoms with Gasteiger partial charge in [0, 0.05) is 13.0 Å². The lowest BCUT2D eigenvalue weighted by Gasteiger charge is -2.09. The zero-order valence-electron chi connectivity index (χ0n) is 14.6. The second-order valence-electron chi connectivity index (χ2n) is 5.36. The fourth-order valence-corrected chi connectivity index (χ4v) is 2.13. The summed E-state index contributed by atoms with van der Waals surface area (Å²) in [5.74, 6) is -0.0888. The summed E-state index contributed by atoms with van der Waals surface area (Å²) < 4.78 is 48.2. The fraction of sp³-hybridized carbons (Fsp3) is 0.176. The molecule has 0 unspecified atom stereocenters. The van der Waals surface area contributed by atoms with E-state index in [2.05, 4.69) is 10.5 Å². The Morgan fingerprint density at radius 2 is 1.93 bits per heavy atom. The number of nitro groups is 1. The van der Waals surface area contributed by atoms with Crippen molar-refractivity contribution in [3.63, 3.8) is 0 Å². The van der Waals surface area contributed by atoms with E-state index in [1.807, 2.05) is 0 Å². The maximum atomic E-state index is 12.7. The van der Waals surface area contributed by atoms with Crippen LogP contribution in [0.15, 0.2) is 41.5 Å². The molecule has 0 atom stereocenters. The number of nitrogens with zero attached hydrogens (tertiary/aromatic N) is 2. The van der Waals surface area contributed by atoms with Gasteiger partial charge in [0.1, 0.15) is 5.69 Å². The molecule has 0 aliphatic carbocycles. The van der Waals surface area contributed by atoms with E-state index in [4.69, 9.17) is 9.47 Å². The van der Waals surface area contributed by atoms with Crippen molar-refractivity contribution in [2.24, 2.45) is 5.10 Å². The molecule has 0 aliphatic rings. The molecule has 0 radical (unpaired) electrons. The Bertz CT molecular complexity index is 929. The Labute approximate surface area is 156 Å². The third-order valence-electron chi connectivity index (χ3n) is 3.36. The normalized spacial score (nSPS) is 11.3. The van der Waals surface area contributed by atoms with Crippen molar-refractivity contribution in [3.8, 4) is 11.5 Å². The summed E-state index contributed by atoms with van der Waals surface area (Å²) in [6, 6.07) is 6.54. The van der Waals surface area contributed by atoms with E-state index in [0.29, 0.717) is 17.7 Å². The molecular formula is C17H14F3N3O5. The highest BCUT2D eigenvalue weighted by Crippen LogP contribution is 2.35. The van der Waals surface area contributed by atoms with Gasteiger partial charge in [0.25, 0.3) is 5.69 Å². The van der Waals surface area contributed by atoms with Gasteiger partial charge in [-0.05, 0) is 35.9 Å². The Morgan fingerprint density at radius 1 is 1.21 bits per heavy atom. The summed E-state index contributed by atoms with van der Waals surface area (Å²) >= 11 is 0. The topological polar surface area (TPSA) is 103 Å². The van der Waals surface area contributed by atoms with Crippen molar-refractivity contribution in [1.82, 2.24) is 0 Å². The summed E-state index contributed by atoms with van der Waals surface area (Å²) in [7, 11) is 1.37. The lowest BCUT2D eigenvalue weighted by molar-refractivity contribution is -0.384. The molecular weight excluding hydrogens is 383 g/mol. The van der Waals surface area contributed by atoms with Gasteiger partial charge < -0.3 is 9.47 Å². The highest BCUT2D eigenvalue weighted by Gasteiger charge is 2.33. The van der Waals surface area contributed by atoms with Crippen LogP contribution in [0.4, 0.5) is 24.5 Å². The molecule has 11 heteroatoms. The van der Waals surface area contributed by atoms with Crippen LogP contribution in [0.25, 0.3) is 0 Å². The number of esters is 1. The molecule has 0 fully saturated rings. The molecule has 0 aromatic heterocycles. The van der Waals surface area contributed by atoms with Gasteiger partial charge in [-0.3, -0.25) is 20.3 Å². The van der Waals surface area contributed by atoms with Gasteiger partial charge >= 0.3 is 12.1 Å². The number of hydrazone groups is 1. The van der Waals surface area contributed by atoms with Crippen LogP contribution in [0.3, 0.4) is 0 Å². The van der Waals surface area contributed by atoms with Gasteiger partial charge in [-0.15, -0.1) is 0 Å². The Balaban J connectivity index is 2.22.